The summed E-state index contributed by atoms with van der Waals surface area (Å²) in [6.45, 7) is 7.57. The lowest BCUT2D eigenvalue weighted by Crippen LogP contribution is -2.57. The third kappa shape index (κ3) is 8.61. The van der Waals surface area contributed by atoms with Crippen LogP contribution in [0.2, 0.25) is 0 Å². The van der Waals surface area contributed by atoms with E-state index in [1.165, 1.54) is 16.9 Å². The quantitative estimate of drug-likeness (QED) is 0.277. The molecule has 1 aliphatic rings. The number of hydrogen-bond donors (Lipinski definition) is 2. The van der Waals surface area contributed by atoms with Crippen LogP contribution in [0.25, 0.3) is 10.4 Å². The molecule has 1 saturated heterocycles. The van der Waals surface area contributed by atoms with Crippen LogP contribution in [-0.2, 0) is 23.9 Å². The first-order valence-electron chi connectivity index (χ1n) is 14.5. The summed E-state index contributed by atoms with van der Waals surface area (Å²) < 4.78 is 4.64. The predicted octanol–water partition coefficient (Wildman–Crippen LogP) is 4.09. The number of likely N-dealkylation sites (tertiary alicyclic amines) is 1. The Morgan fingerprint density at radius 1 is 1.12 bits per heavy atom. The number of methoxy groups -OCH3 is 1. The number of amides is 3. The lowest BCUT2D eigenvalue weighted by molar-refractivity contribution is -0.143. The van der Waals surface area contributed by atoms with Crippen LogP contribution in [0.15, 0.2) is 29.8 Å². The molecule has 230 valence electrons. The first-order chi connectivity index (χ1) is 19.8. The Hall–Kier alpha value is -3.31. The van der Waals surface area contributed by atoms with Crippen molar-refractivity contribution >= 4 is 40.7 Å². The van der Waals surface area contributed by atoms with E-state index in [9.17, 15) is 24.3 Å². The Bertz CT molecular complexity index is 1240. The lowest BCUT2D eigenvalue weighted by Gasteiger charge is -2.36. The molecule has 0 aliphatic carbocycles. The number of hydrogen-bond acceptors (Lipinski definition) is 8. The average Bonchev–Trinajstić information content (AvgIpc) is 3.56. The normalized spacial score (nSPS) is 17.5. The van der Waals surface area contributed by atoms with Crippen molar-refractivity contribution in [3.8, 4) is 10.4 Å². The van der Waals surface area contributed by atoms with Gasteiger partial charge in [-0.25, -0.2) is 4.98 Å². The van der Waals surface area contributed by atoms with E-state index in [4.69, 9.17) is 0 Å². The molecule has 2 heterocycles. The SMILES string of the molecule is COC(=O)CCCCCCC(=O)N[C@@H](C(=O)N1C[C@H](O)C[C@H]1C(=O)N(C)c1ccc(-c2scnc2C)cc1)C(C)(C)C. The minimum absolute atomic E-state index is 0.0231. The van der Waals surface area contributed by atoms with Crippen LogP contribution in [0.1, 0.15) is 71.4 Å². The second-order valence-electron chi connectivity index (χ2n) is 12.0. The molecule has 1 aromatic heterocycles. The highest BCUT2D eigenvalue weighted by atomic mass is 32.1. The van der Waals surface area contributed by atoms with Gasteiger partial charge in [-0.2, -0.15) is 0 Å². The van der Waals surface area contributed by atoms with E-state index in [2.05, 4.69) is 15.0 Å². The number of aliphatic hydroxyl groups is 1. The highest BCUT2D eigenvalue weighted by Crippen LogP contribution is 2.31. The summed E-state index contributed by atoms with van der Waals surface area (Å²) in [4.78, 5) is 59.9. The third-order valence-corrected chi connectivity index (χ3v) is 8.60. The van der Waals surface area contributed by atoms with E-state index >= 15 is 0 Å². The number of ether oxygens (including phenoxy) is 1. The lowest BCUT2D eigenvalue weighted by atomic mass is 9.85. The number of carbonyl (C=O) groups excluding carboxylic acids is 4. The number of thiazole rings is 1. The number of rotatable bonds is 12. The van der Waals surface area contributed by atoms with Crippen molar-refractivity contribution in [2.75, 3.05) is 25.6 Å². The molecule has 0 spiro atoms. The van der Waals surface area contributed by atoms with Crippen molar-refractivity contribution in [3.05, 3.63) is 35.5 Å². The molecule has 0 radical (unpaired) electrons. The van der Waals surface area contributed by atoms with Crippen LogP contribution in [0, 0.1) is 12.3 Å². The molecule has 3 atom stereocenters. The Kier molecular flexibility index (Phi) is 11.6. The van der Waals surface area contributed by atoms with Crippen molar-refractivity contribution in [1.82, 2.24) is 15.2 Å². The van der Waals surface area contributed by atoms with Crippen molar-refractivity contribution in [3.63, 3.8) is 0 Å². The summed E-state index contributed by atoms with van der Waals surface area (Å²) in [5.41, 5.74) is 3.81. The van der Waals surface area contributed by atoms with Crippen molar-refractivity contribution in [2.24, 2.45) is 5.41 Å². The standard InChI is InChI=1S/C31H44N4O6S/c1-20-27(42-19-32-20)21-13-15-22(16-14-21)34(5)29(39)24-17-23(36)18-35(24)30(40)28(31(2,3)4)33-25(37)11-9-7-8-10-12-26(38)41-6/h13-16,19,23-24,28,36H,7-12,17-18H2,1-6H3,(H,33,37)/t23-,24+,28+/m1/s1. The molecule has 2 N–H and O–H groups in total. The first-order valence-corrected chi connectivity index (χ1v) is 15.3. The number of aliphatic hydroxyl groups excluding tert-OH is 1. The molecular weight excluding hydrogens is 556 g/mol. The van der Waals surface area contributed by atoms with Crippen LogP contribution in [0.3, 0.4) is 0 Å². The third-order valence-electron chi connectivity index (χ3n) is 7.62. The van der Waals surface area contributed by atoms with Crippen molar-refractivity contribution in [2.45, 2.75) is 90.8 Å². The highest BCUT2D eigenvalue weighted by molar-refractivity contribution is 7.13. The zero-order chi connectivity index (χ0) is 31.0. The number of aromatic nitrogens is 1. The summed E-state index contributed by atoms with van der Waals surface area (Å²) >= 11 is 1.56. The van der Waals surface area contributed by atoms with E-state index in [1.54, 1.807) is 23.9 Å². The molecule has 0 saturated carbocycles. The van der Waals surface area contributed by atoms with Crippen molar-refractivity contribution in [1.29, 1.82) is 0 Å². The summed E-state index contributed by atoms with van der Waals surface area (Å²) in [5, 5.41) is 13.4. The van der Waals surface area contributed by atoms with Gasteiger partial charge in [0.05, 0.1) is 29.3 Å². The van der Waals surface area contributed by atoms with Gasteiger partial charge in [0.25, 0.3) is 0 Å². The van der Waals surface area contributed by atoms with E-state index in [-0.39, 0.29) is 43.1 Å². The number of nitrogens with zero attached hydrogens (tertiary/aromatic N) is 3. The summed E-state index contributed by atoms with van der Waals surface area (Å²) in [5.74, 6) is -1.16. The molecule has 1 aromatic carbocycles. The molecule has 1 aliphatic heterocycles. The van der Waals surface area contributed by atoms with E-state index in [0.29, 0.717) is 24.9 Å². The van der Waals surface area contributed by atoms with Crippen LogP contribution in [0.5, 0.6) is 0 Å². The second-order valence-corrected chi connectivity index (χ2v) is 12.8. The van der Waals surface area contributed by atoms with Gasteiger partial charge in [0.15, 0.2) is 0 Å². The second kappa shape index (κ2) is 14.7. The molecule has 2 aromatic rings. The zero-order valence-electron chi connectivity index (χ0n) is 25.5. The molecule has 3 amide bonds. The summed E-state index contributed by atoms with van der Waals surface area (Å²) in [6, 6.07) is 5.89. The summed E-state index contributed by atoms with van der Waals surface area (Å²) in [7, 11) is 3.03. The van der Waals surface area contributed by atoms with Gasteiger partial charge >= 0.3 is 5.97 Å². The Morgan fingerprint density at radius 2 is 1.76 bits per heavy atom. The van der Waals surface area contributed by atoms with Gasteiger partial charge in [-0.1, -0.05) is 45.7 Å². The number of esters is 1. The van der Waals surface area contributed by atoms with Crippen molar-refractivity contribution < 1.29 is 29.0 Å². The average molecular weight is 601 g/mol. The van der Waals surface area contributed by atoms with Crippen LogP contribution < -0.4 is 10.2 Å². The number of carbonyl (C=O) groups is 4. The fraction of sp³-hybridized carbons (Fsp3) is 0.581. The van der Waals surface area contributed by atoms with Gasteiger partial charge in [0.1, 0.15) is 12.1 Å². The van der Waals surface area contributed by atoms with Gasteiger partial charge in [-0.05, 0) is 42.9 Å². The Labute approximate surface area is 252 Å². The van der Waals surface area contributed by atoms with Gasteiger partial charge in [0.2, 0.25) is 17.7 Å². The largest absolute Gasteiger partial charge is 0.469 e. The maximum atomic E-state index is 13.8. The smallest absolute Gasteiger partial charge is 0.305 e. The molecule has 42 heavy (non-hydrogen) atoms. The van der Waals surface area contributed by atoms with E-state index in [0.717, 1.165) is 29.0 Å². The zero-order valence-corrected chi connectivity index (χ0v) is 26.3. The molecule has 11 heteroatoms. The summed E-state index contributed by atoms with van der Waals surface area (Å²) in [6.07, 6.45) is 2.83. The monoisotopic (exact) mass is 600 g/mol. The molecular formula is C31H44N4O6S. The van der Waals surface area contributed by atoms with Crippen LogP contribution in [0.4, 0.5) is 5.69 Å². The van der Waals surface area contributed by atoms with E-state index < -0.39 is 23.6 Å². The highest BCUT2D eigenvalue weighted by Gasteiger charge is 2.45. The number of β-amino-alcohol motifs (C(OH)–C–C–N with tert-alkyl or cyclic N) is 1. The fourth-order valence-corrected chi connectivity index (χ4v) is 5.93. The minimum Gasteiger partial charge on any atom is -0.469 e. The van der Waals surface area contributed by atoms with Crippen LogP contribution >= 0.6 is 11.3 Å². The molecule has 3 rings (SSSR count). The number of aryl methyl sites for hydroxylation is 1. The number of nitrogens with one attached hydrogen (secondary N) is 1. The number of likely N-dealkylation sites (N-methyl/N-ethyl adjacent to an activating group) is 1. The Morgan fingerprint density at radius 3 is 2.33 bits per heavy atom. The van der Waals surface area contributed by atoms with Gasteiger partial charge in [-0.3, -0.25) is 19.2 Å². The maximum Gasteiger partial charge on any atom is 0.305 e. The predicted molar refractivity (Wildman–Crippen MR) is 163 cm³/mol. The molecule has 1 fully saturated rings. The molecule has 0 unspecified atom stereocenters. The molecule has 0 bridgehead atoms. The van der Waals surface area contributed by atoms with Crippen LogP contribution in [-0.4, -0.2) is 77.6 Å². The fourth-order valence-electron chi connectivity index (χ4n) is 5.12. The van der Waals surface area contributed by atoms with Gasteiger partial charge < -0.3 is 25.0 Å². The maximum absolute atomic E-state index is 13.8. The molecule has 10 nitrogen and oxygen atoms in total. The van der Waals surface area contributed by atoms with E-state index in [1.807, 2.05) is 52.0 Å². The minimum atomic E-state index is -0.864. The number of benzene rings is 1. The number of anilines is 1. The first kappa shape index (κ1) is 33.2. The Balaban J connectivity index is 1.64. The van der Waals surface area contributed by atoms with Gasteiger partial charge in [-0.15, -0.1) is 11.3 Å². The number of unbranched alkanes of at least 4 members (excludes halogenated alkanes) is 3. The topological polar surface area (TPSA) is 129 Å². The van der Waals surface area contributed by atoms with Gasteiger partial charge in [0, 0.05) is 38.5 Å².